The van der Waals surface area contributed by atoms with Gasteiger partial charge in [-0.1, -0.05) is 34.6 Å². The molecule has 0 heterocycles. The first-order valence-electron chi connectivity index (χ1n) is 8.08. The summed E-state index contributed by atoms with van der Waals surface area (Å²) in [6.07, 6.45) is 6.39. The van der Waals surface area contributed by atoms with Gasteiger partial charge in [0.2, 0.25) is 0 Å². The van der Waals surface area contributed by atoms with Crippen LogP contribution in [0.3, 0.4) is 0 Å². The van der Waals surface area contributed by atoms with Crippen molar-refractivity contribution in [1.29, 1.82) is 0 Å². The molecule has 0 bridgehead atoms. The molecule has 0 aromatic rings. The number of hydrogen-bond donors (Lipinski definition) is 0. The van der Waals surface area contributed by atoms with Crippen LogP contribution in [-0.4, -0.2) is 36.4 Å². The molecular weight excluding hydrogens is 250 g/mol. The molecule has 0 aliphatic rings. The number of nitrogens with zero attached hydrogens (tertiary/aromatic N) is 1. The van der Waals surface area contributed by atoms with Gasteiger partial charge in [-0.2, -0.15) is 0 Å². The maximum Gasteiger partial charge on any atom is 0.151 e. The van der Waals surface area contributed by atoms with Crippen molar-refractivity contribution in [2.75, 3.05) is 26.2 Å². The van der Waals surface area contributed by atoms with Crippen LogP contribution in [0.1, 0.15) is 67.2 Å². The molecule has 3 nitrogen and oxygen atoms in total. The molecule has 0 radical (unpaired) electrons. The van der Waals surface area contributed by atoms with Crippen molar-refractivity contribution in [1.82, 2.24) is 0 Å². The van der Waals surface area contributed by atoms with E-state index in [0.29, 0.717) is 0 Å². The largest absolute Gasteiger partial charge is 0.876 e. The summed E-state index contributed by atoms with van der Waals surface area (Å²) in [5, 5.41) is 9.98. The molecule has 0 spiro atoms. The molecule has 0 fully saturated rings. The molecule has 0 N–H and O–H groups in total. The van der Waals surface area contributed by atoms with Crippen LogP contribution in [-0.2, 0) is 4.79 Å². The lowest BCUT2D eigenvalue weighted by Crippen LogP contribution is -2.50. The normalized spacial score (nSPS) is 11.8. The van der Waals surface area contributed by atoms with Crippen LogP contribution < -0.4 is 5.11 Å². The van der Waals surface area contributed by atoms with Crippen molar-refractivity contribution in [3.05, 3.63) is 11.8 Å². The Balaban J connectivity index is 0. The Morgan fingerprint density at radius 3 is 1.25 bits per heavy atom. The third-order valence-electron chi connectivity index (χ3n) is 3.20. The fourth-order valence-electron chi connectivity index (χ4n) is 2.85. The van der Waals surface area contributed by atoms with Gasteiger partial charge in [-0.05, 0) is 38.7 Å². The average Bonchev–Trinajstić information content (AvgIpc) is 2.29. The number of carbonyl (C=O) groups excluding carboxylic acids is 1. The summed E-state index contributed by atoms with van der Waals surface area (Å²) >= 11 is 0. The second-order valence-electron chi connectivity index (χ2n) is 5.60. The van der Waals surface area contributed by atoms with Crippen molar-refractivity contribution < 1.29 is 14.4 Å². The number of rotatable bonds is 9. The van der Waals surface area contributed by atoms with E-state index in [2.05, 4.69) is 27.7 Å². The highest BCUT2D eigenvalue weighted by atomic mass is 16.3. The predicted molar refractivity (Wildman–Crippen MR) is 85.3 cm³/mol. The molecule has 0 aromatic carbocycles. The summed E-state index contributed by atoms with van der Waals surface area (Å²) in [6, 6.07) is 0. The first kappa shape index (κ1) is 21.5. The monoisotopic (exact) mass is 285 g/mol. The van der Waals surface area contributed by atoms with Gasteiger partial charge in [0.15, 0.2) is 5.78 Å². The zero-order valence-electron chi connectivity index (χ0n) is 14.5. The molecule has 0 aliphatic heterocycles. The van der Waals surface area contributed by atoms with Crippen LogP contribution in [0, 0.1) is 0 Å². The van der Waals surface area contributed by atoms with Crippen LogP contribution >= 0.6 is 0 Å². The molecule has 0 aromatic heterocycles. The van der Waals surface area contributed by atoms with E-state index in [9.17, 15) is 9.90 Å². The van der Waals surface area contributed by atoms with Gasteiger partial charge in [0.05, 0.1) is 26.2 Å². The van der Waals surface area contributed by atoms with E-state index < -0.39 is 0 Å². The number of allylic oxidation sites excluding steroid dienone is 2. The van der Waals surface area contributed by atoms with Gasteiger partial charge in [-0.15, -0.1) is 5.76 Å². The highest BCUT2D eigenvalue weighted by Gasteiger charge is 2.22. The van der Waals surface area contributed by atoms with Gasteiger partial charge in [-0.25, -0.2) is 0 Å². The Morgan fingerprint density at radius 1 is 0.850 bits per heavy atom. The minimum Gasteiger partial charge on any atom is -0.876 e. The summed E-state index contributed by atoms with van der Waals surface area (Å²) in [6.45, 7) is 17.5. The lowest BCUT2D eigenvalue weighted by atomic mass is 10.2. The molecule has 0 atom stereocenters. The topological polar surface area (TPSA) is 40.1 Å². The third-order valence-corrected chi connectivity index (χ3v) is 3.20. The van der Waals surface area contributed by atoms with Crippen LogP contribution in [0.4, 0.5) is 0 Å². The Hall–Kier alpha value is -0.830. The van der Waals surface area contributed by atoms with Crippen molar-refractivity contribution in [3.63, 3.8) is 0 Å². The molecule has 0 saturated carbocycles. The van der Waals surface area contributed by atoms with Crippen molar-refractivity contribution in [2.45, 2.75) is 67.2 Å². The second-order valence-corrected chi connectivity index (χ2v) is 5.60. The summed E-state index contributed by atoms with van der Waals surface area (Å²) in [5.41, 5.74) is 0. The van der Waals surface area contributed by atoms with Crippen LogP contribution in [0.25, 0.3) is 0 Å². The van der Waals surface area contributed by atoms with E-state index in [1.165, 1.54) is 70.2 Å². The SMILES string of the molecule is CC(=O)/C=C(\C)[O-].CCC[N+](CCC)(CCC)CCC. The van der Waals surface area contributed by atoms with Gasteiger partial charge in [0.1, 0.15) is 0 Å². The highest BCUT2D eigenvalue weighted by molar-refractivity contribution is 5.87. The fourth-order valence-corrected chi connectivity index (χ4v) is 2.85. The lowest BCUT2D eigenvalue weighted by Gasteiger charge is -2.38. The highest BCUT2D eigenvalue weighted by Crippen LogP contribution is 2.12. The van der Waals surface area contributed by atoms with E-state index in [-0.39, 0.29) is 11.5 Å². The number of carbonyl (C=O) groups is 1. The minimum atomic E-state index is -0.187. The van der Waals surface area contributed by atoms with Gasteiger partial charge in [-0.3, -0.25) is 4.79 Å². The zero-order chi connectivity index (χ0) is 16.0. The lowest BCUT2D eigenvalue weighted by molar-refractivity contribution is -0.928. The number of quaternary nitrogens is 1. The van der Waals surface area contributed by atoms with E-state index in [0.717, 1.165) is 6.08 Å². The predicted octanol–water partition coefficient (Wildman–Crippen LogP) is 3.28. The van der Waals surface area contributed by atoms with E-state index >= 15 is 0 Å². The summed E-state index contributed by atoms with van der Waals surface area (Å²) in [5.74, 6) is -0.375. The molecule has 0 unspecified atom stereocenters. The summed E-state index contributed by atoms with van der Waals surface area (Å²) in [4.78, 5) is 9.98. The average molecular weight is 285 g/mol. The van der Waals surface area contributed by atoms with Gasteiger partial charge in [0.25, 0.3) is 0 Å². The fraction of sp³-hybridized carbons (Fsp3) is 0.824. The van der Waals surface area contributed by atoms with Crippen LogP contribution in [0.2, 0.25) is 0 Å². The van der Waals surface area contributed by atoms with Gasteiger partial charge < -0.3 is 9.59 Å². The summed E-state index contributed by atoms with van der Waals surface area (Å²) < 4.78 is 1.38. The minimum absolute atomic E-state index is 0.187. The van der Waals surface area contributed by atoms with Gasteiger partial charge >= 0.3 is 0 Å². The first-order valence-corrected chi connectivity index (χ1v) is 8.08. The second kappa shape index (κ2) is 13.2. The summed E-state index contributed by atoms with van der Waals surface area (Å²) in [7, 11) is 0. The number of hydrogen-bond acceptors (Lipinski definition) is 2. The molecule has 3 heteroatoms. The molecular formula is C17H35NO2. The quantitative estimate of drug-likeness (QED) is 0.370. The third kappa shape index (κ3) is 12.2. The van der Waals surface area contributed by atoms with Crippen molar-refractivity contribution in [2.24, 2.45) is 0 Å². The number of ketones is 1. The zero-order valence-corrected chi connectivity index (χ0v) is 14.5. The van der Waals surface area contributed by atoms with E-state index in [1.807, 2.05) is 0 Å². The van der Waals surface area contributed by atoms with Crippen LogP contribution in [0.15, 0.2) is 11.8 Å². The molecule has 20 heavy (non-hydrogen) atoms. The smallest absolute Gasteiger partial charge is 0.151 e. The van der Waals surface area contributed by atoms with Crippen molar-refractivity contribution >= 4 is 5.78 Å². The molecule has 120 valence electrons. The Bertz CT molecular complexity index is 239. The maximum absolute atomic E-state index is 9.98. The molecule has 0 amide bonds. The molecule has 0 aliphatic carbocycles. The Morgan fingerprint density at radius 2 is 1.15 bits per heavy atom. The van der Waals surface area contributed by atoms with E-state index in [4.69, 9.17) is 0 Å². The van der Waals surface area contributed by atoms with Gasteiger partial charge in [0, 0.05) is 0 Å². The van der Waals surface area contributed by atoms with Crippen LogP contribution in [0.5, 0.6) is 0 Å². The maximum atomic E-state index is 9.98. The Kier molecular flexibility index (Phi) is 14.1. The molecule has 0 rings (SSSR count). The molecule has 0 saturated heterocycles. The van der Waals surface area contributed by atoms with Crippen molar-refractivity contribution in [3.8, 4) is 0 Å². The Labute approximate surface area is 126 Å². The van der Waals surface area contributed by atoms with E-state index in [1.54, 1.807) is 0 Å². The first-order chi connectivity index (χ1) is 9.37. The standard InChI is InChI=1S/C12H28N.C5H8O2/c1-5-9-13(10-6-2,11-7-3)12-8-4;1-4(6)3-5(2)7/h5-12H2,1-4H3;3,6H,1-2H3/q+1;/p-1/b;4-3+.